The van der Waals surface area contributed by atoms with Gasteiger partial charge in [-0.3, -0.25) is 9.58 Å². The summed E-state index contributed by atoms with van der Waals surface area (Å²) < 4.78 is 7.23. The number of nitrogens with zero attached hydrogens (tertiary/aromatic N) is 6. The van der Waals surface area contributed by atoms with E-state index < -0.39 is 0 Å². The van der Waals surface area contributed by atoms with E-state index in [1.165, 1.54) is 12.8 Å². The molecule has 0 N–H and O–H groups in total. The van der Waals surface area contributed by atoms with Crippen LogP contribution in [0.15, 0.2) is 17.2 Å². The van der Waals surface area contributed by atoms with Crippen LogP contribution in [0.1, 0.15) is 44.3 Å². The van der Waals surface area contributed by atoms with Gasteiger partial charge in [0, 0.05) is 19.5 Å². The fourth-order valence-corrected chi connectivity index (χ4v) is 3.02. The van der Waals surface area contributed by atoms with Crippen LogP contribution in [0.5, 0.6) is 0 Å². The molecule has 0 bridgehead atoms. The van der Waals surface area contributed by atoms with E-state index in [1.807, 2.05) is 4.68 Å². The molecule has 1 fully saturated rings. The van der Waals surface area contributed by atoms with Crippen molar-refractivity contribution in [3.8, 4) is 0 Å². The van der Waals surface area contributed by atoms with Gasteiger partial charge in [0.1, 0.15) is 12.7 Å². The minimum atomic E-state index is 0.613. The second kappa shape index (κ2) is 7.49. The van der Waals surface area contributed by atoms with Gasteiger partial charge in [0.25, 0.3) is 0 Å². The van der Waals surface area contributed by atoms with Gasteiger partial charge in [-0.05, 0) is 31.7 Å². The lowest BCUT2D eigenvalue weighted by Crippen LogP contribution is -2.36. The van der Waals surface area contributed by atoms with Crippen LogP contribution in [0, 0.1) is 5.92 Å². The van der Waals surface area contributed by atoms with Crippen LogP contribution in [-0.4, -0.2) is 42.9 Å². The largest absolute Gasteiger partial charge is 0.339 e. The molecule has 2 aromatic rings. The zero-order valence-corrected chi connectivity index (χ0v) is 13.2. The number of hydrogen-bond donors (Lipinski definition) is 0. The standard InChI is InChI=1S/C15H24N6O/c1-2-3-6-15-18-14(19-22-15)10-20-7-4-5-13(8-20)9-21-12-16-11-17-21/h11-13H,2-10H2,1H3/t13-/m0/s1. The van der Waals surface area contributed by atoms with Gasteiger partial charge >= 0.3 is 0 Å². The van der Waals surface area contributed by atoms with E-state index in [2.05, 4.69) is 32.0 Å². The zero-order chi connectivity index (χ0) is 15.2. The van der Waals surface area contributed by atoms with Gasteiger partial charge in [-0.2, -0.15) is 10.1 Å². The van der Waals surface area contributed by atoms with Crippen LogP contribution >= 0.6 is 0 Å². The first-order valence-electron chi connectivity index (χ1n) is 8.19. The van der Waals surface area contributed by atoms with Crippen LogP contribution in [0.3, 0.4) is 0 Å². The number of piperidine rings is 1. The molecule has 7 nitrogen and oxygen atoms in total. The summed E-state index contributed by atoms with van der Waals surface area (Å²) in [5.41, 5.74) is 0. The lowest BCUT2D eigenvalue weighted by molar-refractivity contribution is 0.149. The second-order valence-corrected chi connectivity index (χ2v) is 6.07. The molecule has 0 unspecified atom stereocenters. The number of hydrogen-bond acceptors (Lipinski definition) is 6. The molecule has 1 aliphatic rings. The Morgan fingerprint density at radius 3 is 3.18 bits per heavy atom. The van der Waals surface area contributed by atoms with Gasteiger partial charge in [0.15, 0.2) is 5.82 Å². The Morgan fingerprint density at radius 2 is 2.36 bits per heavy atom. The van der Waals surface area contributed by atoms with Gasteiger partial charge in [-0.1, -0.05) is 18.5 Å². The first kappa shape index (κ1) is 15.1. The SMILES string of the molecule is CCCCc1nc(CN2CCC[C@H](Cn3cncn3)C2)no1. The molecule has 1 aliphatic heterocycles. The van der Waals surface area contributed by atoms with Crippen LogP contribution in [0.25, 0.3) is 0 Å². The van der Waals surface area contributed by atoms with E-state index in [0.29, 0.717) is 5.92 Å². The average molecular weight is 304 g/mol. The Kier molecular flexibility index (Phi) is 5.15. The molecule has 0 saturated carbocycles. The Balaban J connectivity index is 1.50. The first-order valence-corrected chi connectivity index (χ1v) is 8.19. The lowest BCUT2D eigenvalue weighted by Gasteiger charge is -2.31. The van der Waals surface area contributed by atoms with E-state index in [0.717, 1.165) is 57.2 Å². The molecule has 0 aromatic carbocycles. The Labute approximate surface area is 130 Å². The molecule has 0 amide bonds. The highest BCUT2D eigenvalue weighted by atomic mass is 16.5. The topological polar surface area (TPSA) is 72.9 Å². The minimum absolute atomic E-state index is 0.613. The highest BCUT2D eigenvalue weighted by molar-refractivity contribution is 4.88. The number of aromatic nitrogens is 5. The van der Waals surface area contributed by atoms with Crippen LogP contribution in [0.4, 0.5) is 0 Å². The molecule has 0 aliphatic carbocycles. The molecule has 0 spiro atoms. The molecule has 3 rings (SSSR count). The van der Waals surface area contributed by atoms with Crippen molar-refractivity contribution in [1.29, 1.82) is 0 Å². The van der Waals surface area contributed by atoms with Crippen molar-refractivity contribution in [1.82, 2.24) is 29.8 Å². The Hall–Kier alpha value is -1.76. The molecular weight excluding hydrogens is 280 g/mol. The van der Waals surface area contributed by atoms with Gasteiger partial charge in [0.05, 0.1) is 6.54 Å². The van der Waals surface area contributed by atoms with Crippen molar-refractivity contribution in [3.63, 3.8) is 0 Å². The van der Waals surface area contributed by atoms with E-state index in [9.17, 15) is 0 Å². The van der Waals surface area contributed by atoms with Crippen molar-refractivity contribution in [2.24, 2.45) is 5.92 Å². The third kappa shape index (κ3) is 4.13. The van der Waals surface area contributed by atoms with Crippen molar-refractivity contribution in [3.05, 3.63) is 24.4 Å². The maximum Gasteiger partial charge on any atom is 0.226 e. The summed E-state index contributed by atoms with van der Waals surface area (Å²) >= 11 is 0. The summed E-state index contributed by atoms with van der Waals surface area (Å²) in [5, 5.41) is 8.31. The smallest absolute Gasteiger partial charge is 0.226 e. The molecule has 1 atom stereocenters. The fraction of sp³-hybridized carbons (Fsp3) is 0.733. The maximum absolute atomic E-state index is 5.31. The quantitative estimate of drug-likeness (QED) is 0.778. The highest BCUT2D eigenvalue weighted by Gasteiger charge is 2.22. The van der Waals surface area contributed by atoms with Crippen LogP contribution in [0.2, 0.25) is 0 Å². The Bertz CT molecular complexity index is 552. The first-order chi connectivity index (χ1) is 10.8. The van der Waals surface area contributed by atoms with Gasteiger partial charge < -0.3 is 4.52 Å². The lowest BCUT2D eigenvalue weighted by atomic mass is 9.98. The normalized spacial score (nSPS) is 19.6. The predicted octanol–water partition coefficient (Wildman–Crippen LogP) is 1.92. The fourth-order valence-electron chi connectivity index (χ4n) is 3.02. The van der Waals surface area contributed by atoms with Gasteiger partial charge in [-0.25, -0.2) is 4.98 Å². The molecule has 120 valence electrons. The molecular formula is C15H24N6O. The second-order valence-electron chi connectivity index (χ2n) is 6.07. The van der Waals surface area contributed by atoms with E-state index in [1.54, 1.807) is 12.7 Å². The average Bonchev–Trinajstić information content (AvgIpc) is 3.17. The molecule has 22 heavy (non-hydrogen) atoms. The van der Waals surface area contributed by atoms with E-state index in [-0.39, 0.29) is 0 Å². The zero-order valence-electron chi connectivity index (χ0n) is 13.2. The third-order valence-corrected chi connectivity index (χ3v) is 4.13. The Morgan fingerprint density at radius 1 is 1.41 bits per heavy atom. The number of unbranched alkanes of at least 4 members (excludes halogenated alkanes) is 1. The summed E-state index contributed by atoms with van der Waals surface area (Å²) in [6, 6.07) is 0. The van der Waals surface area contributed by atoms with Gasteiger partial charge in [0.2, 0.25) is 5.89 Å². The highest BCUT2D eigenvalue weighted by Crippen LogP contribution is 2.19. The summed E-state index contributed by atoms with van der Waals surface area (Å²) in [4.78, 5) is 10.9. The van der Waals surface area contributed by atoms with Crippen molar-refractivity contribution >= 4 is 0 Å². The maximum atomic E-state index is 5.31. The molecule has 0 radical (unpaired) electrons. The number of rotatable bonds is 7. The van der Waals surface area contributed by atoms with Crippen LogP contribution in [-0.2, 0) is 19.5 Å². The number of likely N-dealkylation sites (tertiary alicyclic amines) is 1. The van der Waals surface area contributed by atoms with Crippen molar-refractivity contribution < 1.29 is 4.52 Å². The summed E-state index contributed by atoms with van der Waals surface area (Å²) in [7, 11) is 0. The molecule has 2 aromatic heterocycles. The monoisotopic (exact) mass is 304 g/mol. The molecule has 1 saturated heterocycles. The third-order valence-electron chi connectivity index (χ3n) is 4.13. The van der Waals surface area contributed by atoms with Crippen LogP contribution < -0.4 is 0 Å². The minimum Gasteiger partial charge on any atom is -0.339 e. The summed E-state index contributed by atoms with van der Waals surface area (Å²) in [6.45, 7) is 6.04. The summed E-state index contributed by atoms with van der Waals surface area (Å²) in [6.07, 6.45) is 8.97. The van der Waals surface area contributed by atoms with Crippen molar-refractivity contribution in [2.45, 2.75) is 52.1 Å². The molecule has 3 heterocycles. The van der Waals surface area contributed by atoms with E-state index in [4.69, 9.17) is 4.52 Å². The molecule has 7 heteroatoms. The predicted molar refractivity (Wildman–Crippen MR) is 80.9 cm³/mol. The van der Waals surface area contributed by atoms with Gasteiger partial charge in [-0.15, -0.1) is 0 Å². The van der Waals surface area contributed by atoms with E-state index >= 15 is 0 Å². The van der Waals surface area contributed by atoms with Crippen molar-refractivity contribution in [2.75, 3.05) is 13.1 Å². The summed E-state index contributed by atoms with van der Waals surface area (Å²) in [5.74, 6) is 2.20. The number of aryl methyl sites for hydroxylation is 1.